The molecule has 2 aromatic rings. The Kier molecular flexibility index (Phi) is 4.94. The largest absolute Gasteiger partial charge is 0.326 e. The van der Waals surface area contributed by atoms with Gasteiger partial charge in [-0.05, 0) is 38.1 Å². The minimum Gasteiger partial charge on any atom is -0.326 e. The number of benzene rings is 1. The van der Waals surface area contributed by atoms with Gasteiger partial charge in [0.1, 0.15) is 0 Å². The van der Waals surface area contributed by atoms with Crippen LogP contribution in [-0.2, 0) is 21.4 Å². The molecule has 118 valence electrons. The van der Waals surface area contributed by atoms with Gasteiger partial charge in [-0.3, -0.25) is 4.79 Å². The highest BCUT2D eigenvalue weighted by Gasteiger charge is 2.15. The molecule has 6 nitrogen and oxygen atoms in total. The molecule has 0 saturated carbocycles. The average Bonchev–Trinajstić information content (AvgIpc) is 2.75. The van der Waals surface area contributed by atoms with Crippen LogP contribution in [0.15, 0.2) is 29.2 Å². The third-order valence-electron chi connectivity index (χ3n) is 2.91. The van der Waals surface area contributed by atoms with Crippen molar-refractivity contribution in [3.63, 3.8) is 0 Å². The molecular formula is C14H17N3O3S2. The number of carbonyl (C=O) groups is 1. The number of nitrogens with one attached hydrogen (secondary N) is 2. The van der Waals surface area contributed by atoms with Gasteiger partial charge in [-0.25, -0.2) is 18.1 Å². The fraction of sp³-hybridized carbons (Fsp3) is 0.286. The van der Waals surface area contributed by atoms with Gasteiger partial charge < -0.3 is 5.32 Å². The Bertz CT molecular complexity index is 780. The monoisotopic (exact) mass is 339 g/mol. The van der Waals surface area contributed by atoms with Gasteiger partial charge >= 0.3 is 0 Å². The summed E-state index contributed by atoms with van der Waals surface area (Å²) in [7, 11) is -3.60. The Morgan fingerprint density at radius 2 is 1.86 bits per heavy atom. The second-order valence-electron chi connectivity index (χ2n) is 4.77. The molecule has 0 saturated heterocycles. The van der Waals surface area contributed by atoms with E-state index in [-0.39, 0.29) is 17.3 Å². The van der Waals surface area contributed by atoms with Crippen LogP contribution in [0.3, 0.4) is 0 Å². The highest BCUT2D eigenvalue weighted by Crippen LogP contribution is 2.18. The smallest absolute Gasteiger partial charge is 0.240 e. The lowest BCUT2D eigenvalue weighted by molar-refractivity contribution is -0.114. The molecule has 0 aliphatic rings. The quantitative estimate of drug-likeness (QED) is 0.874. The fourth-order valence-electron chi connectivity index (χ4n) is 1.90. The Balaban J connectivity index is 2.09. The number of carbonyl (C=O) groups excluding carboxylic acids is 1. The number of aromatic nitrogens is 1. The summed E-state index contributed by atoms with van der Waals surface area (Å²) in [4.78, 5) is 16.3. The molecule has 0 aliphatic heterocycles. The van der Waals surface area contributed by atoms with Gasteiger partial charge in [0.2, 0.25) is 15.9 Å². The van der Waals surface area contributed by atoms with Gasteiger partial charge in [0.25, 0.3) is 0 Å². The van der Waals surface area contributed by atoms with Crippen LogP contribution in [0, 0.1) is 13.8 Å². The lowest BCUT2D eigenvalue weighted by Crippen LogP contribution is -2.23. The molecular weight excluding hydrogens is 322 g/mol. The van der Waals surface area contributed by atoms with E-state index in [1.165, 1.54) is 30.4 Å². The van der Waals surface area contributed by atoms with Crippen molar-refractivity contribution in [2.45, 2.75) is 32.2 Å². The summed E-state index contributed by atoms with van der Waals surface area (Å²) >= 11 is 1.47. The zero-order valence-electron chi connectivity index (χ0n) is 12.5. The van der Waals surface area contributed by atoms with E-state index in [9.17, 15) is 13.2 Å². The summed E-state index contributed by atoms with van der Waals surface area (Å²) in [6.45, 7) is 5.35. The molecule has 1 aromatic heterocycles. The number of rotatable bonds is 5. The summed E-state index contributed by atoms with van der Waals surface area (Å²) < 4.78 is 27.0. The molecule has 1 heterocycles. The van der Waals surface area contributed by atoms with Crippen molar-refractivity contribution in [2.24, 2.45) is 0 Å². The predicted molar refractivity (Wildman–Crippen MR) is 86.4 cm³/mol. The van der Waals surface area contributed by atoms with Crippen LogP contribution in [0.5, 0.6) is 0 Å². The van der Waals surface area contributed by atoms with Crippen molar-refractivity contribution in [2.75, 3.05) is 5.32 Å². The first-order chi connectivity index (χ1) is 10.3. The topological polar surface area (TPSA) is 88.2 Å². The summed E-state index contributed by atoms with van der Waals surface area (Å²) in [5.74, 6) is -0.204. The minimum absolute atomic E-state index is 0.153. The van der Waals surface area contributed by atoms with E-state index in [2.05, 4.69) is 15.0 Å². The number of anilines is 1. The van der Waals surface area contributed by atoms with E-state index in [0.29, 0.717) is 5.69 Å². The van der Waals surface area contributed by atoms with Crippen molar-refractivity contribution in [3.05, 3.63) is 39.8 Å². The van der Waals surface area contributed by atoms with Crippen LogP contribution in [0.1, 0.15) is 22.5 Å². The molecule has 0 unspecified atom stereocenters. The van der Waals surface area contributed by atoms with Crippen molar-refractivity contribution in [1.82, 2.24) is 9.71 Å². The van der Waals surface area contributed by atoms with Crippen molar-refractivity contribution in [1.29, 1.82) is 0 Å². The fourth-order valence-corrected chi connectivity index (χ4v) is 3.87. The third-order valence-corrected chi connectivity index (χ3v) is 5.40. The van der Waals surface area contributed by atoms with E-state index < -0.39 is 10.0 Å². The number of nitrogens with zero attached hydrogens (tertiary/aromatic N) is 1. The van der Waals surface area contributed by atoms with Gasteiger partial charge in [0.05, 0.1) is 15.6 Å². The van der Waals surface area contributed by atoms with Crippen molar-refractivity contribution < 1.29 is 13.2 Å². The summed E-state index contributed by atoms with van der Waals surface area (Å²) in [5, 5.41) is 3.50. The number of hydrogen-bond donors (Lipinski definition) is 2. The van der Waals surface area contributed by atoms with Crippen LogP contribution in [0.2, 0.25) is 0 Å². The maximum absolute atomic E-state index is 12.2. The third kappa shape index (κ3) is 4.12. The SMILES string of the molecule is CC(=O)Nc1ccc(S(=O)(=O)NCc2sc(C)nc2C)cc1. The molecule has 2 N–H and O–H groups in total. The second-order valence-corrected chi connectivity index (χ2v) is 7.83. The summed E-state index contributed by atoms with van der Waals surface area (Å²) in [5.41, 5.74) is 1.39. The summed E-state index contributed by atoms with van der Waals surface area (Å²) in [6, 6.07) is 6.02. The molecule has 0 aliphatic carbocycles. The van der Waals surface area contributed by atoms with Gasteiger partial charge in [0.15, 0.2) is 0 Å². The normalized spacial score (nSPS) is 11.4. The Hall–Kier alpha value is -1.77. The maximum atomic E-state index is 12.2. The Morgan fingerprint density at radius 1 is 1.23 bits per heavy atom. The lowest BCUT2D eigenvalue weighted by Gasteiger charge is -2.07. The van der Waals surface area contributed by atoms with E-state index >= 15 is 0 Å². The van der Waals surface area contributed by atoms with Crippen LogP contribution in [-0.4, -0.2) is 19.3 Å². The van der Waals surface area contributed by atoms with E-state index in [1.807, 2.05) is 13.8 Å². The van der Waals surface area contributed by atoms with Gasteiger partial charge in [-0.2, -0.15) is 0 Å². The van der Waals surface area contributed by atoms with Crippen LogP contribution in [0.25, 0.3) is 0 Å². The molecule has 0 fully saturated rings. The standard InChI is InChI=1S/C14H17N3O3S2/c1-9-14(21-11(3)16-9)8-15-22(19,20)13-6-4-12(5-7-13)17-10(2)18/h4-7,15H,8H2,1-3H3,(H,17,18). The first-order valence-corrected chi connectivity index (χ1v) is 8.88. The molecule has 22 heavy (non-hydrogen) atoms. The Labute approximate surface area is 133 Å². The molecule has 0 radical (unpaired) electrons. The Morgan fingerprint density at radius 3 is 2.36 bits per heavy atom. The lowest BCUT2D eigenvalue weighted by atomic mass is 10.3. The number of aryl methyl sites for hydroxylation is 2. The first kappa shape index (κ1) is 16.6. The highest BCUT2D eigenvalue weighted by molar-refractivity contribution is 7.89. The molecule has 0 bridgehead atoms. The van der Waals surface area contributed by atoms with Crippen LogP contribution >= 0.6 is 11.3 Å². The number of hydrogen-bond acceptors (Lipinski definition) is 5. The average molecular weight is 339 g/mol. The van der Waals surface area contributed by atoms with Crippen LogP contribution < -0.4 is 10.0 Å². The zero-order chi connectivity index (χ0) is 16.3. The predicted octanol–water partition coefficient (Wildman–Crippen LogP) is 2.20. The molecule has 0 spiro atoms. The number of sulfonamides is 1. The maximum Gasteiger partial charge on any atom is 0.240 e. The molecule has 1 aromatic carbocycles. The second kappa shape index (κ2) is 6.55. The molecule has 1 amide bonds. The molecule has 8 heteroatoms. The van der Waals surface area contributed by atoms with Gasteiger partial charge in [-0.15, -0.1) is 11.3 Å². The van der Waals surface area contributed by atoms with Crippen molar-refractivity contribution >= 4 is 33.0 Å². The number of amides is 1. The van der Waals surface area contributed by atoms with Crippen LogP contribution in [0.4, 0.5) is 5.69 Å². The zero-order valence-corrected chi connectivity index (χ0v) is 14.1. The molecule has 2 rings (SSSR count). The van der Waals surface area contributed by atoms with Gasteiger partial charge in [0, 0.05) is 24.0 Å². The highest BCUT2D eigenvalue weighted by atomic mass is 32.2. The van der Waals surface area contributed by atoms with Crippen molar-refractivity contribution in [3.8, 4) is 0 Å². The first-order valence-electron chi connectivity index (χ1n) is 6.58. The van der Waals surface area contributed by atoms with E-state index in [1.54, 1.807) is 12.1 Å². The molecule has 0 atom stereocenters. The minimum atomic E-state index is -3.60. The van der Waals surface area contributed by atoms with Gasteiger partial charge in [-0.1, -0.05) is 0 Å². The summed E-state index contributed by atoms with van der Waals surface area (Å²) in [6.07, 6.45) is 0. The number of thiazole rings is 1. The van der Waals surface area contributed by atoms with E-state index in [0.717, 1.165) is 15.6 Å². The van der Waals surface area contributed by atoms with E-state index in [4.69, 9.17) is 0 Å².